The zero-order valence-corrected chi connectivity index (χ0v) is 27.6. The third kappa shape index (κ3) is 4.89. The Bertz CT molecular complexity index is 2540. The Labute approximate surface area is 289 Å². The van der Waals surface area contributed by atoms with Crippen LogP contribution in [-0.4, -0.2) is 26.3 Å². The van der Waals surface area contributed by atoms with Gasteiger partial charge in [-0.2, -0.15) is 0 Å². The van der Waals surface area contributed by atoms with Crippen molar-refractivity contribution >= 4 is 39.3 Å². The number of benzene rings is 6. The Hall–Kier alpha value is -6.66. The summed E-state index contributed by atoms with van der Waals surface area (Å²) in [5, 5.41) is 2.07. The van der Waals surface area contributed by atoms with Crippen molar-refractivity contribution in [3.05, 3.63) is 169 Å². The smallest absolute Gasteiger partial charge is 0.268 e. The highest BCUT2D eigenvalue weighted by Crippen LogP contribution is 2.44. The fourth-order valence-corrected chi connectivity index (χ4v) is 7.03. The van der Waals surface area contributed by atoms with Gasteiger partial charge in [-0.1, -0.05) is 117 Å². The highest BCUT2D eigenvalue weighted by atomic mass is 16.2. The maximum Gasteiger partial charge on any atom is 0.268 e. The maximum atomic E-state index is 14.7. The van der Waals surface area contributed by atoms with Crippen molar-refractivity contribution in [1.29, 1.82) is 0 Å². The number of imide groups is 1. The summed E-state index contributed by atoms with van der Waals surface area (Å²) in [4.78, 5) is 38.9. The van der Waals surface area contributed by atoms with Crippen LogP contribution in [0.1, 0.15) is 34.6 Å². The Morgan fingerprint density at radius 3 is 1.82 bits per heavy atom. The number of carbonyl (C=O) groups excluding carboxylic acids is 2. The molecule has 6 nitrogen and oxygen atoms in total. The predicted molar refractivity (Wildman–Crippen MR) is 202 cm³/mol. The number of hydrogen-bond acceptors (Lipinski definition) is 4. The maximum absolute atomic E-state index is 14.7. The Kier molecular flexibility index (Phi) is 7.82. The average Bonchev–Trinajstić information content (AvgIpc) is 3.66. The second-order valence-electron chi connectivity index (χ2n) is 11.8. The molecule has 0 N–H and O–H groups in total. The van der Waals surface area contributed by atoms with Crippen LogP contribution in [0.2, 0.25) is 0 Å². The van der Waals surface area contributed by atoms with E-state index in [9.17, 15) is 9.59 Å². The lowest BCUT2D eigenvalue weighted by Gasteiger charge is -2.22. The molecular weight excluding hydrogens is 617 g/mol. The van der Waals surface area contributed by atoms with Gasteiger partial charge in [0.15, 0.2) is 0 Å². The fourth-order valence-electron chi connectivity index (χ4n) is 7.03. The number of nitrogens with zero attached hydrogens (tertiary/aromatic N) is 4. The molecule has 6 aromatic carbocycles. The average molecular weight is 649 g/mol. The van der Waals surface area contributed by atoms with Crippen molar-refractivity contribution < 1.29 is 9.59 Å². The third-order valence-electron chi connectivity index (χ3n) is 9.13. The Balaban J connectivity index is 0.00000177. The van der Waals surface area contributed by atoms with Crippen LogP contribution in [-0.2, 0) is 0 Å². The van der Waals surface area contributed by atoms with Gasteiger partial charge >= 0.3 is 0 Å². The van der Waals surface area contributed by atoms with Crippen LogP contribution in [0.4, 0.5) is 5.69 Å². The summed E-state index contributed by atoms with van der Waals surface area (Å²) in [6, 6.07) is 45.7. The first-order valence-corrected chi connectivity index (χ1v) is 16.7. The first-order chi connectivity index (χ1) is 24.7. The molecule has 2 amide bonds. The van der Waals surface area contributed by atoms with E-state index in [1.165, 1.54) is 11.2 Å². The van der Waals surface area contributed by atoms with E-state index in [4.69, 9.17) is 0 Å². The summed E-state index contributed by atoms with van der Waals surface area (Å²) in [7, 11) is 0. The third-order valence-corrected chi connectivity index (χ3v) is 9.13. The van der Waals surface area contributed by atoms with E-state index in [-0.39, 0.29) is 11.8 Å². The van der Waals surface area contributed by atoms with E-state index in [0.29, 0.717) is 22.5 Å². The minimum atomic E-state index is -0.350. The van der Waals surface area contributed by atoms with Crippen LogP contribution in [0.5, 0.6) is 0 Å². The van der Waals surface area contributed by atoms with Gasteiger partial charge < -0.3 is 4.57 Å². The summed E-state index contributed by atoms with van der Waals surface area (Å²) in [5.41, 5.74) is 9.46. The molecule has 0 saturated heterocycles. The van der Waals surface area contributed by atoms with Gasteiger partial charge in [0.25, 0.3) is 11.8 Å². The topological polar surface area (TPSA) is 68.1 Å². The Morgan fingerprint density at radius 1 is 0.460 bits per heavy atom. The molecule has 8 aromatic rings. The first-order valence-electron chi connectivity index (χ1n) is 16.7. The predicted octanol–water partition coefficient (Wildman–Crippen LogP) is 10.4. The van der Waals surface area contributed by atoms with Crippen LogP contribution in [0, 0.1) is 0 Å². The van der Waals surface area contributed by atoms with Crippen LogP contribution in [0.25, 0.3) is 60.9 Å². The summed E-state index contributed by atoms with van der Waals surface area (Å²) >= 11 is 0. The molecule has 0 spiro atoms. The van der Waals surface area contributed by atoms with Gasteiger partial charge in [-0.15, -0.1) is 0 Å². The van der Waals surface area contributed by atoms with Gasteiger partial charge in [-0.25, -0.2) is 14.9 Å². The molecule has 0 atom stereocenters. The van der Waals surface area contributed by atoms with E-state index < -0.39 is 0 Å². The molecular formula is C44H32N4O2. The van der Waals surface area contributed by atoms with Gasteiger partial charge in [0.05, 0.1) is 33.5 Å². The Morgan fingerprint density at radius 2 is 1.08 bits per heavy atom. The number of para-hydroxylation sites is 1. The van der Waals surface area contributed by atoms with Crippen molar-refractivity contribution in [2.45, 2.75) is 13.8 Å². The number of hydrogen-bond donors (Lipinski definition) is 0. The van der Waals surface area contributed by atoms with Crippen molar-refractivity contribution in [2.24, 2.45) is 0 Å². The van der Waals surface area contributed by atoms with E-state index in [0.717, 1.165) is 55.2 Å². The number of anilines is 1. The van der Waals surface area contributed by atoms with E-state index in [1.807, 2.05) is 123 Å². The minimum absolute atomic E-state index is 0.341. The molecule has 6 heteroatoms. The van der Waals surface area contributed by atoms with Crippen molar-refractivity contribution in [3.8, 4) is 39.1 Å². The summed E-state index contributed by atoms with van der Waals surface area (Å²) < 4.78 is 2.10. The lowest BCUT2D eigenvalue weighted by Crippen LogP contribution is -2.30. The molecule has 0 unspecified atom stereocenters. The first kappa shape index (κ1) is 30.7. The second-order valence-corrected chi connectivity index (χ2v) is 11.8. The number of aromatic nitrogens is 3. The van der Waals surface area contributed by atoms with Crippen molar-refractivity contribution in [3.63, 3.8) is 0 Å². The van der Waals surface area contributed by atoms with Crippen LogP contribution in [0.3, 0.4) is 0 Å². The van der Waals surface area contributed by atoms with Crippen molar-refractivity contribution in [2.75, 3.05) is 4.90 Å². The molecule has 50 heavy (non-hydrogen) atoms. The van der Waals surface area contributed by atoms with Gasteiger partial charge in [-0.3, -0.25) is 9.59 Å². The standard InChI is InChI=1S/C42H26N4O2.C2H6/c47-41-33-17-10-20-38(45-35-18-8-7-15-32(35)34-23-29(21-22-36(34)45)30-24-43-26-44-25-30)40(33)42(48)46(41)37-19-9-16-31(27-11-3-1-4-12-27)39(37)28-13-5-2-6-14-28;1-2/h1-26H;1-2H3. The van der Waals surface area contributed by atoms with Crippen molar-refractivity contribution in [1.82, 2.24) is 14.5 Å². The van der Waals surface area contributed by atoms with Gasteiger partial charge in [0.1, 0.15) is 6.33 Å². The number of carbonyl (C=O) groups is 2. The van der Waals surface area contributed by atoms with E-state index in [1.54, 1.807) is 18.5 Å². The molecule has 2 aromatic heterocycles. The SMILES string of the molecule is CC.O=C1c2cccc(-n3c4ccccc4c4cc(-c5cncnc5)ccc43)c2C(=O)N1c1cccc(-c2ccccc2)c1-c1ccccc1. The molecule has 0 aliphatic carbocycles. The minimum Gasteiger partial charge on any atom is -0.308 e. The normalized spacial score (nSPS) is 12.2. The monoisotopic (exact) mass is 648 g/mol. The molecule has 1 aliphatic rings. The molecule has 1 aliphatic heterocycles. The number of rotatable bonds is 5. The largest absolute Gasteiger partial charge is 0.308 e. The van der Waals surface area contributed by atoms with Gasteiger partial charge in [0.2, 0.25) is 0 Å². The lowest BCUT2D eigenvalue weighted by molar-refractivity contribution is 0.0926. The van der Waals surface area contributed by atoms with E-state index in [2.05, 4.69) is 38.8 Å². The van der Waals surface area contributed by atoms with Gasteiger partial charge in [0, 0.05) is 34.3 Å². The molecule has 9 rings (SSSR count). The summed E-state index contributed by atoms with van der Waals surface area (Å²) in [5.74, 6) is -0.691. The highest BCUT2D eigenvalue weighted by molar-refractivity contribution is 6.36. The van der Waals surface area contributed by atoms with Gasteiger partial charge in [-0.05, 0) is 58.7 Å². The molecule has 0 radical (unpaired) electrons. The molecule has 240 valence electrons. The zero-order valence-electron chi connectivity index (χ0n) is 27.6. The number of amides is 2. The van der Waals surface area contributed by atoms with Crippen LogP contribution >= 0.6 is 0 Å². The zero-order chi connectivity index (χ0) is 34.2. The molecule has 3 heterocycles. The fraction of sp³-hybridized carbons (Fsp3) is 0.0455. The molecule has 0 fully saturated rings. The lowest BCUT2D eigenvalue weighted by atomic mass is 9.92. The summed E-state index contributed by atoms with van der Waals surface area (Å²) in [6.07, 6.45) is 5.12. The van der Waals surface area contributed by atoms with E-state index >= 15 is 0 Å². The molecule has 0 bridgehead atoms. The van der Waals surface area contributed by atoms with Crippen LogP contribution < -0.4 is 4.90 Å². The highest BCUT2D eigenvalue weighted by Gasteiger charge is 2.40. The van der Waals surface area contributed by atoms with Crippen LogP contribution in [0.15, 0.2) is 158 Å². The molecule has 0 saturated carbocycles. The number of fused-ring (bicyclic) bond motifs is 4. The second kappa shape index (κ2) is 12.7. The summed E-state index contributed by atoms with van der Waals surface area (Å²) in [6.45, 7) is 4.00. The quantitative estimate of drug-likeness (QED) is 0.174.